The van der Waals surface area contributed by atoms with Crippen LogP contribution in [-0.2, 0) is 11.3 Å². The zero-order valence-electron chi connectivity index (χ0n) is 15.3. The van der Waals surface area contributed by atoms with E-state index in [1.54, 1.807) is 29.6 Å². The molecule has 2 aromatic carbocycles. The van der Waals surface area contributed by atoms with Gasteiger partial charge in [0.05, 0.1) is 19.5 Å². The fourth-order valence-corrected chi connectivity index (χ4v) is 3.20. The number of urea groups is 1. The normalized spacial score (nSPS) is 16.8. The summed E-state index contributed by atoms with van der Waals surface area (Å²) in [7, 11) is 0. The van der Waals surface area contributed by atoms with Gasteiger partial charge in [0, 0.05) is 31.2 Å². The molecule has 6 nitrogen and oxygen atoms in total. The Kier molecular flexibility index (Phi) is 5.34. The maximum atomic E-state index is 13.1. The van der Waals surface area contributed by atoms with Crippen molar-refractivity contribution in [3.63, 3.8) is 0 Å². The summed E-state index contributed by atoms with van der Waals surface area (Å²) >= 11 is 0. The van der Waals surface area contributed by atoms with Crippen molar-refractivity contribution in [2.45, 2.75) is 12.6 Å². The molecule has 144 valence electrons. The van der Waals surface area contributed by atoms with Crippen LogP contribution in [0.15, 0.2) is 67.3 Å². The van der Waals surface area contributed by atoms with Gasteiger partial charge in [0.1, 0.15) is 11.9 Å². The average molecular weight is 380 g/mol. The van der Waals surface area contributed by atoms with Crippen molar-refractivity contribution in [3.8, 4) is 0 Å². The van der Waals surface area contributed by atoms with E-state index in [0.717, 1.165) is 23.4 Å². The van der Waals surface area contributed by atoms with E-state index >= 15 is 0 Å². The molecule has 1 unspecified atom stereocenters. The summed E-state index contributed by atoms with van der Waals surface area (Å²) in [6.45, 7) is 2.12. The number of morpholine rings is 1. The SMILES string of the molecule is O=C(Nc1ccc(Cn2ccnc2)cc1)N1CCOC(c2ccc(F)cc2)C1. The number of imidazole rings is 1. The Hall–Kier alpha value is -3.19. The van der Waals surface area contributed by atoms with Crippen LogP contribution < -0.4 is 5.32 Å². The number of ether oxygens (including phenoxy) is 1. The molecule has 28 heavy (non-hydrogen) atoms. The molecule has 1 fully saturated rings. The van der Waals surface area contributed by atoms with E-state index in [9.17, 15) is 9.18 Å². The number of carbonyl (C=O) groups excluding carboxylic acids is 1. The number of rotatable bonds is 4. The average Bonchev–Trinajstić information content (AvgIpc) is 3.23. The maximum Gasteiger partial charge on any atom is 0.322 e. The molecule has 1 N–H and O–H groups in total. The van der Waals surface area contributed by atoms with Gasteiger partial charge >= 0.3 is 6.03 Å². The van der Waals surface area contributed by atoms with Crippen molar-refractivity contribution in [3.05, 3.63) is 84.2 Å². The standard InChI is InChI=1S/C21H21FN4O2/c22-18-5-3-17(4-6-18)20-14-26(11-12-28-20)21(27)24-19-7-1-16(2-8-19)13-25-10-9-23-15-25/h1-10,15,20H,11-14H2,(H,24,27). The summed E-state index contributed by atoms with van der Waals surface area (Å²) < 4.78 is 20.8. The minimum absolute atomic E-state index is 0.169. The lowest BCUT2D eigenvalue weighted by atomic mass is 10.1. The third-order valence-corrected chi connectivity index (χ3v) is 4.72. The van der Waals surface area contributed by atoms with Crippen molar-refractivity contribution < 1.29 is 13.9 Å². The second-order valence-electron chi connectivity index (χ2n) is 6.72. The molecule has 0 bridgehead atoms. The zero-order valence-corrected chi connectivity index (χ0v) is 15.3. The van der Waals surface area contributed by atoms with Crippen LogP contribution in [0, 0.1) is 5.82 Å². The fraction of sp³-hybridized carbons (Fsp3) is 0.238. The van der Waals surface area contributed by atoms with E-state index in [-0.39, 0.29) is 18.0 Å². The van der Waals surface area contributed by atoms with E-state index in [4.69, 9.17) is 4.74 Å². The third kappa shape index (κ3) is 4.37. The first-order chi connectivity index (χ1) is 13.7. The smallest absolute Gasteiger partial charge is 0.322 e. The van der Waals surface area contributed by atoms with E-state index in [1.807, 2.05) is 35.0 Å². The molecule has 0 saturated carbocycles. The van der Waals surface area contributed by atoms with Gasteiger partial charge in [0.25, 0.3) is 0 Å². The molecule has 7 heteroatoms. The topological polar surface area (TPSA) is 59.4 Å². The Morgan fingerprint density at radius 2 is 1.96 bits per heavy atom. The van der Waals surface area contributed by atoms with E-state index in [0.29, 0.717) is 19.7 Å². The largest absolute Gasteiger partial charge is 0.370 e. The first-order valence-electron chi connectivity index (χ1n) is 9.15. The second kappa shape index (κ2) is 8.22. The number of nitrogens with one attached hydrogen (secondary N) is 1. The summed E-state index contributed by atoms with van der Waals surface area (Å²) in [5.41, 5.74) is 2.73. The lowest BCUT2D eigenvalue weighted by molar-refractivity contribution is -0.0135. The Bertz CT molecular complexity index is 911. The first-order valence-corrected chi connectivity index (χ1v) is 9.15. The number of aromatic nitrogens is 2. The van der Waals surface area contributed by atoms with Crippen molar-refractivity contribution in [2.75, 3.05) is 25.0 Å². The molecule has 1 aliphatic heterocycles. The van der Waals surface area contributed by atoms with Gasteiger partial charge in [0.2, 0.25) is 0 Å². The number of carbonyl (C=O) groups is 1. The molecule has 3 aromatic rings. The third-order valence-electron chi connectivity index (χ3n) is 4.72. The number of hydrogen-bond acceptors (Lipinski definition) is 3. The number of halogens is 1. The highest BCUT2D eigenvalue weighted by Gasteiger charge is 2.25. The molecule has 2 amide bonds. The molecule has 0 radical (unpaired) electrons. The van der Waals surface area contributed by atoms with Gasteiger partial charge in [-0.2, -0.15) is 0 Å². The zero-order chi connectivity index (χ0) is 19.3. The van der Waals surface area contributed by atoms with E-state index in [2.05, 4.69) is 10.3 Å². The fourth-order valence-electron chi connectivity index (χ4n) is 3.20. The van der Waals surface area contributed by atoms with Crippen molar-refractivity contribution in [1.82, 2.24) is 14.5 Å². The Morgan fingerprint density at radius 1 is 1.18 bits per heavy atom. The summed E-state index contributed by atoms with van der Waals surface area (Å²) in [5.74, 6) is -0.286. The predicted molar refractivity (Wildman–Crippen MR) is 103 cm³/mol. The molecule has 0 spiro atoms. The van der Waals surface area contributed by atoms with Gasteiger partial charge in [0.15, 0.2) is 0 Å². The number of anilines is 1. The van der Waals surface area contributed by atoms with Crippen LogP contribution in [0.5, 0.6) is 0 Å². The van der Waals surface area contributed by atoms with Crippen molar-refractivity contribution >= 4 is 11.7 Å². The van der Waals surface area contributed by atoms with Crippen molar-refractivity contribution in [2.24, 2.45) is 0 Å². The number of amides is 2. The predicted octanol–water partition coefficient (Wildman–Crippen LogP) is 3.68. The first kappa shape index (κ1) is 18.2. The molecule has 4 rings (SSSR count). The Morgan fingerprint density at radius 3 is 2.68 bits per heavy atom. The quantitative estimate of drug-likeness (QED) is 0.751. The summed E-state index contributed by atoms with van der Waals surface area (Å²) in [4.78, 5) is 18.4. The summed E-state index contributed by atoms with van der Waals surface area (Å²) in [5, 5.41) is 2.93. The van der Waals surface area contributed by atoms with E-state index in [1.165, 1.54) is 12.1 Å². The van der Waals surface area contributed by atoms with Crippen LogP contribution in [0.25, 0.3) is 0 Å². The molecule has 2 heterocycles. The highest BCUT2D eigenvalue weighted by molar-refractivity contribution is 5.89. The van der Waals surface area contributed by atoms with Gasteiger partial charge in [-0.15, -0.1) is 0 Å². The second-order valence-corrected chi connectivity index (χ2v) is 6.72. The van der Waals surface area contributed by atoms with Gasteiger partial charge in [-0.05, 0) is 35.4 Å². The number of nitrogens with zero attached hydrogens (tertiary/aromatic N) is 3. The van der Waals surface area contributed by atoms with Crippen LogP contribution in [0.2, 0.25) is 0 Å². The molecule has 0 aliphatic carbocycles. The Labute approximate surface area is 162 Å². The van der Waals surface area contributed by atoms with Gasteiger partial charge in [-0.1, -0.05) is 24.3 Å². The van der Waals surface area contributed by atoms with Crippen LogP contribution in [-0.4, -0.2) is 40.2 Å². The summed E-state index contributed by atoms with van der Waals surface area (Å²) in [6, 6.07) is 13.8. The molecular weight excluding hydrogens is 359 g/mol. The van der Waals surface area contributed by atoms with Gasteiger partial charge in [-0.3, -0.25) is 0 Å². The Balaban J connectivity index is 1.35. The molecule has 1 aliphatic rings. The molecule has 1 atom stereocenters. The van der Waals surface area contributed by atoms with Gasteiger partial charge in [-0.25, -0.2) is 14.2 Å². The van der Waals surface area contributed by atoms with Crippen molar-refractivity contribution in [1.29, 1.82) is 0 Å². The monoisotopic (exact) mass is 380 g/mol. The number of hydrogen-bond donors (Lipinski definition) is 1. The van der Waals surface area contributed by atoms with Crippen LogP contribution in [0.3, 0.4) is 0 Å². The van der Waals surface area contributed by atoms with Crippen LogP contribution in [0.4, 0.5) is 14.9 Å². The maximum absolute atomic E-state index is 13.1. The minimum Gasteiger partial charge on any atom is -0.370 e. The highest BCUT2D eigenvalue weighted by atomic mass is 19.1. The van der Waals surface area contributed by atoms with Crippen LogP contribution in [0.1, 0.15) is 17.2 Å². The molecule has 1 saturated heterocycles. The van der Waals surface area contributed by atoms with Crippen LogP contribution >= 0.6 is 0 Å². The molecule has 1 aromatic heterocycles. The lowest BCUT2D eigenvalue weighted by Crippen LogP contribution is -2.44. The molecular formula is C21H21FN4O2. The van der Waals surface area contributed by atoms with Gasteiger partial charge < -0.3 is 19.5 Å². The minimum atomic E-state index is -0.286. The summed E-state index contributed by atoms with van der Waals surface area (Å²) in [6.07, 6.45) is 5.17. The lowest BCUT2D eigenvalue weighted by Gasteiger charge is -2.33. The highest BCUT2D eigenvalue weighted by Crippen LogP contribution is 2.23. The number of benzene rings is 2. The van der Waals surface area contributed by atoms with E-state index < -0.39 is 0 Å².